The van der Waals surface area contributed by atoms with Crippen molar-refractivity contribution >= 4 is 18.3 Å². The van der Waals surface area contributed by atoms with E-state index in [1.54, 1.807) is 6.92 Å². The van der Waals surface area contributed by atoms with Gasteiger partial charge in [0, 0.05) is 13.1 Å². The van der Waals surface area contributed by atoms with Crippen LogP contribution >= 0.6 is 12.4 Å². The highest BCUT2D eigenvalue weighted by molar-refractivity contribution is 5.85. The van der Waals surface area contributed by atoms with Gasteiger partial charge in [-0.3, -0.25) is 9.69 Å². The van der Waals surface area contributed by atoms with Gasteiger partial charge in [-0.1, -0.05) is 37.1 Å². The van der Waals surface area contributed by atoms with Gasteiger partial charge in [-0.25, -0.2) is 0 Å². The fourth-order valence-electron chi connectivity index (χ4n) is 2.74. The minimum atomic E-state index is -0.453. The Morgan fingerprint density at radius 1 is 1.23 bits per heavy atom. The number of benzene rings is 1. The molecule has 2 rings (SSSR count). The van der Waals surface area contributed by atoms with Gasteiger partial charge in [-0.05, 0) is 44.0 Å². The highest BCUT2D eigenvalue weighted by Crippen LogP contribution is 2.14. The summed E-state index contributed by atoms with van der Waals surface area (Å²) in [4.78, 5) is 14.0. The van der Waals surface area contributed by atoms with Gasteiger partial charge in [0.25, 0.3) is 0 Å². The van der Waals surface area contributed by atoms with Gasteiger partial charge >= 0.3 is 0 Å². The Morgan fingerprint density at radius 3 is 2.50 bits per heavy atom. The van der Waals surface area contributed by atoms with E-state index < -0.39 is 6.04 Å². The number of nitrogens with two attached hydrogens (primary N) is 1. The minimum absolute atomic E-state index is 0. The zero-order valence-electron chi connectivity index (χ0n) is 13.4. The van der Waals surface area contributed by atoms with Crippen LogP contribution in [0.1, 0.15) is 43.7 Å². The third-order valence-corrected chi connectivity index (χ3v) is 3.98. The van der Waals surface area contributed by atoms with Crippen LogP contribution in [0.3, 0.4) is 0 Å². The Morgan fingerprint density at radius 2 is 1.86 bits per heavy atom. The lowest BCUT2D eigenvalue weighted by molar-refractivity contribution is -0.122. The molecule has 5 heteroatoms. The van der Waals surface area contributed by atoms with Crippen molar-refractivity contribution in [1.29, 1.82) is 0 Å². The molecular weight excluding hydrogens is 298 g/mol. The number of carbonyl (C=O) groups excluding carboxylic acids is 1. The molecule has 1 aromatic rings. The topological polar surface area (TPSA) is 58.4 Å². The second-order valence-electron chi connectivity index (χ2n) is 6.02. The first-order chi connectivity index (χ1) is 10.1. The number of rotatable bonds is 5. The van der Waals surface area contributed by atoms with Crippen molar-refractivity contribution in [3.8, 4) is 0 Å². The van der Waals surface area contributed by atoms with Crippen LogP contribution in [0.4, 0.5) is 0 Å². The molecule has 1 unspecified atom stereocenters. The highest BCUT2D eigenvalue weighted by Gasteiger charge is 2.10. The van der Waals surface area contributed by atoms with E-state index in [0.29, 0.717) is 6.54 Å². The van der Waals surface area contributed by atoms with Crippen LogP contribution in [0.15, 0.2) is 24.3 Å². The van der Waals surface area contributed by atoms with E-state index in [2.05, 4.69) is 28.4 Å². The van der Waals surface area contributed by atoms with Gasteiger partial charge in [0.05, 0.1) is 6.04 Å². The number of likely N-dealkylation sites (tertiary alicyclic amines) is 1. The van der Waals surface area contributed by atoms with Crippen LogP contribution in [0.2, 0.25) is 0 Å². The highest BCUT2D eigenvalue weighted by atomic mass is 35.5. The monoisotopic (exact) mass is 325 g/mol. The lowest BCUT2D eigenvalue weighted by Gasteiger charge is -2.20. The van der Waals surface area contributed by atoms with Gasteiger partial charge in [-0.15, -0.1) is 12.4 Å². The van der Waals surface area contributed by atoms with Crippen molar-refractivity contribution in [1.82, 2.24) is 10.2 Å². The summed E-state index contributed by atoms with van der Waals surface area (Å²) in [6.07, 6.45) is 5.34. The molecule has 0 aromatic heterocycles. The summed E-state index contributed by atoms with van der Waals surface area (Å²) in [5, 5.41) is 2.86. The first kappa shape index (κ1) is 18.9. The number of nitrogens with zero attached hydrogens (tertiary/aromatic N) is 1. The number of hydrogen-bond donors (Lipinski definition) is 2. The fraction of sp³-hybridized carbons (Fsp3) is 0.588. The normalized spacial score (nSPS) is 17.2. The summed E-state index contributed by atoms with van der Waals surface area (Å²) in [6.45, 7) is 5.66. The molecule has 1 aliphatic heterocycles. The van der Waals surface area contributed by atoms with E-state index in [1.807, 2.05) is 6.07 Å². The average Bonchev–Trinajstić information content (AvgIpc) is 2.73. The van der Waals surface area contributed by atoms with Crippen molar-refractivity contribution < 1.29 is 4.79 Å². The summed E-state index contributed by atoms with van der Waals surface area (Å²) in [5.41, 5.74) is 8.01. The van der Waals surface area contributed by atoms with E-state index in [-0.39, 0.29) is 18.3 Å². The van der Waals surface area contributed by atoms with Crippen molar-refractivity contribution in [2.24, 2.45) is 5.73 Å². The largest absolute Gasteiger partial charge is 0.351 e. The molecule has 1 heterocycles. The predicted molar refractivity (Wildman–Crippen MR) is 92.9 cm³/mol. The van der Waals surface area contributed by atoms with Gasteiger partial charge in [0.15, 0.2) is 0 Å². The molecule has 0 bridgehead atoms. The van der Waals surface area contributed by atoms with E-state index >= 15 is 0 Å². The molecule has 1 saturated heterocycles. The quantitative estimate of drug-likeness (QED) is 0.874. The molecule has 22 heavy (non-hydrogen) atoms. The Kier molecular flexibility index (Phi) is 8.46. The molecule has 124 valence electrons. The molecule has 3 N–H and O–H groups in total. The van der Waals surface area contributed by atoms with E-state index in [1.165, 1.54) is 44.3 Å². The molecule has 1 amide bonds. The van der Waals surface area contributed by atoms with Crippen LogP contribution in [-0.4, -0.2) is 29.9 Å². The summed E-state index contributed by atoms with van der Waals surface area (Å²) < 4.78 is 0. The molecule has 1 aliphatic rings. The third kappa shape index (κ3) is 6.34. The number of hydrogen-bond acceptors (Lipinski definition) is 3. The first-order valence-electron chi connectivity index (χ1n) is 7.98. The number of nitrogens with one attached hydrogen (secondary N) is 1. The van der Waals surface area contributed by atoms with E-state index in [9.17, 15) is 4.79 Å². The zero-order chi connectivity index (χ0) is 15.1. The van der Waals surface area contributed by atoms with E-state index in [4.69, 9.17) is 5.73 Å². The zero-order valence-corrected chi connectivity index (χ0v) is 14.2. The molecule has 1 aromatic carbocycles. The average molecular weight is 326 g/mol. The maximum absolute atomic E-state index is 11.5. The molecule has 0 saturated carbocycles. The van der Waals surface area contributed by atoms with Crippen LogP contribution < -0.4 is 11.1 Å². The second-order valence-corrected chi connectivity index (χ2v) is 6.02. The van der Waals surface area contributed by atoms with Gasteiger partial charge in [0.1, 0.15) is 0 Å². The smallest absolute Gasteiger partial charge is 0.236 e. The van der Waals surface area contributed by atoms with Gasteiger partial charge < -0.3 is 11.1 Å². The number of carbonyl (C=O) groups is 1. The minimum Gasteiger partial charge on any atom is -0.351 e. The van der Waals surface area contributed by atoms with Crippen molar-refractivity contribution in [3.05, 3.63) is 35.4 Å². The summed E-state index contributed by atoms with van der Waals surface area (Å²) in [6, 6.07) is 8.02. The van der Waals surface area contributed by atoms with Crippen LogP contribution in [-0.2, 0) is 17.9 Å². The van der Waals surface area contributed by atoms with Crippen molar-refractivity contribution in [2.45, 2.75) is 51.7 Å². The fourth-order valence-corrected chi connectivity index (χ4v) is 2.74. The lowest BCUT2D eigenvalue weighted by Crippen LogP contribution is -2.37. The molecular formula is C17H28ClN3O. The number of amides is 1. The predicted octanol–water partition coefficient (Wildman–Crippen LogP) is 2.45. The molecule has 1 fully saturated rings. The van der Waals surface area contributed by atoms with Crippen LogP contribution in [0, 0.1) is 0 Å². The van der Waals surface area contributed by atoms with Gasteiger partial charge in [-0.2, -0.15) is 0 Å². The molecule has 0 spiro atoms. The standard InChI is InChI=1S/C17H27N3O.ClH/c1-14(18)17(21)19-12-15-7-6-8-16(11-15)13-20-9-4-2-3-5-10-20;/h6-8,11,14H,2-5,9-10,12-13,18H2,1H3,(H,19,21);1H. The maximum atomic E-state index is 11.5. The van der Waals surface area contributed by atoms with E-state index in [0.717, 1.165) is 12.1 Å². The Labute approximate surface area is 139 Å². The van der Waals surface area contributed by atoms with Crippen molar-refractivity contribution in [2.75, 3.05) is 13.1 Å². The number of halogens is 1. The molecule has 0 radical (unpaired) electrons. The third-order valence-electron chi connectivity index (χ3n) is 3.98. The lowest BCUT2D eigenvalue weighted by atomic mass is 10.1. The van der Waals surface area contributed by atoms with Crippen LogP contribution in [0.5, 0.6) is 0 Å². The SMILES string of the molecule is CC(N)C(=O)NCc1cccc(CN2CCCCCC2)c1.Cl. The molecule has 0 aliphatic carbocycles. The molecule has 1 atom stereocenters. The molecule has 4 nitrogen and oxygen atoms in total. The van der Waals surface area contributed by atoms with Crippen molar-refractivity contribution in [3.63, 3.8) is 0 Å². The van der Waals surface area contributed by atoms with Gasteiger partial charge in [0.2, 0.25) is 5.91 Å². The summed E-state index contributed by atoms with van der Waals surface area (Å²) in [5.74, 6) is -0.104. The first-order valence-corrected chi connectivity index (χ1v) is 7.98. The second kappa shape index (κ2) is 9.82. The summed E-state index contributed by atoms with van der Waals surface area (Å²) >= 11 is 0. The Hall–Kier alpha value is -1.10. The maximum Gasteiger partial charge on any atom is 0.236 e. The summed E-state index contributed by atoms with van der Waals surface area (Å²) in [7, 11) is 0. The Balaban J connectivity index is 0.00000242. The Bertz CT molecular complexity index is 457. The van der Waals surface area contributed by atoms with Crippen LogP contribution in [0.25, 0.3) is 0 Å².